The summed E-state index contributed by atoms with van der Waals surface area (Å²) in [5.74, 6) is -1.25. The van der Waals surface area contributed by atoms with E-state index in [-0.39, 0.29) is 12.0 Å². The minimum absolute atomic E-state index is 0.138. The van der Waals surface area contributed by atoms with Crippen LogP contribution in [0.5, 0.6) is 0 Å². The molecule has 1 rings (SSSR count). The van der Waals surface area contributed by atoms with Gasteiger partial charge in [-0.15, -0.1) is 11.6 Å². The van der Waals surface area contributed by atoms with Crippen LogP contribution in [0.1, 0.15) is 11.1 Å². The topological polar surface area (TPSA) is 37.3 Å². The molecule has 0 aliphatic rings. The van der Waals surface area contributed by atoms with Crippen LogP contribution in [0, 0.1) is 0 Å². The summed E-state index contributed by atoms with van der Waals surface area (Å²) in [5.41, 5.74) is -0.559. The first-order valence-corrected chi connectivity index (χ1v) is 4.77. The molecule has 0 spiro atoms. The van der Waals surface area contributed by atoms with Crippen molar-refractivity contribution in [2.45, 2.75) is 18.0 Å². The van der Waals surface area contributed by atoms with Gasteiger partial charge in [-0.05, 0) is 18.1 Å². The summed E-state index contributed by atoms with van der Waals surface area (Å²) < 4.78 is 36.9. The fourth-order valence-corrected chi connectivity index (χ4v) is 1.35. The molecule has 1 aromatic carbocycles. The van der Waals surface area contributed by atoms with Crippen LogP contribution in [0.15, 0.2) is 24.3 Å². The van der Waals surface area contributed by atoms with Crippen LogP contribution in [0.4, 0.5) is 13.2 Å². The number of halogens is 4. The molecule has 0 saturated heterocycles. The Morgan fingerprint density at radius 3 is 2.56 bits per heavy atom. The predicted octanol–water partition coefficient (Wildman–Crippen LogP) is 2.94. The molecule has 0 amide bonds. The van der Waals surface area contributed by atoms with Crippen LogP contribution in [-0.2, 0) is 17.4 Å². The number of hydrogen-bond donors (Lipinski definition) is 1. The van der Waals surface area contributed by atoms with Gasteiger partial charge in [-0.2, -0.15) is 13.2 Å². The molecule has 0 fully saturated rings. The van der Waals surface area contributed by atoms with Gasteiger partial charge in [0.2, 0.25) is 0 Å². The zero-order valence-electron chi connectivity index (χ0n) is 7.96. The van der Waals surface area contributed by atoms with Gasteiger partial charge < -0.3 is 5.11 Å². The lowest BCUT2D eigenvalue weighted by molar-refractivity contribution is -0.137. The van der Waals surface area contributed by atoms with E-state index in [9.17, 15) is 18.0 Å². The molecule has 16 heavy (non-hydrogen) atoms. The molecule has 6 heteroatoms. The van der Waals surface area contributed by atoms with Crippen LogP contribution >= 0.6 is 11.6 Å². The van der Waals surface area contributed by atoms with E-state index >= 15 is 0 Å². The van der Waals surface area contributed by atoms with Crippen molar-refractivity contribution in [1.82, 2.24) is 0 Å². The van der Waals surface area contributed by atoms with Gasteiger partial charge in [0.1, 0.15) is 5.38 Å². The van der Waals surface area contributed by atoms with Crippen LogP contribution in [0.3, 0.4) is 0 Å². The second-order valence-electron chi connectivity index (χ2n) is 3.21. The molecule has 0 aliphatic heterocycles. The smallest absolute Gasteiger partial charge is 0.416 e. The van der Waals surface area contributed by atoms with E-state index < -0.39 is 23.1 Å². The average Bonchev–Trinajstić information content (AvgIpc) is 2.16. The molecule has 0 saturated carbocycles. The first kappa shape index (κ1) is 12.8. The van der Waals surface area contributed by atoms with Crippen LogP contribution in [-0.4, -0.2) is 16.5 Å². The molecule has 0 bridgehead atoms. The molecule has 0 aliphatic carbocycles. The van der Waals surface area contributed by atoms with E-state index in [0.29, 0.717) is 0 Å². The van der Waals surface area contributed by atoms with E-state index in [1.165, 1.54) is 12.1 Å². The molecular formula is C10H8ClF3O2. The Labute approximate surface area is 94.6 Å². The average molecular weight is 253 g/mol. The third kappa shape index (κ3) is 3.41. The maximum atomic E-state index is 12.3. The number of carboxylic acid groups (broad SMARTS) is 1. The first-order valence-electron chi connectivity index (χ1n) is 4.33. The molecule has 0 aromatic heterocycles. The number of benzene rings is 1. The van der Waals surface area contributed by atoms with Gasteiger partial charge >= 0.3 is 12.1 Å². The maximum absolute atomic E-state index is 12.3. The molecule has 0 heterocycles. The number of alkyl halides is 4. The lowest BCUT2D eigenvalue weighted by Crippen LogP contribution is -2.16. The normalized spacial score (nSPS) is 13.5. The van der Waals surface area contributed by atoms with Crippen molar-refractivity contribution in [2.24, 2.45) is 0 Å². The second kappa shape index (κ2) is 4.74. The van der Waals surface area contributed by atoms with Crippen molar-refractivity contribution in [1.29, 1.82) is 0 Å². The molecular weight excluding hydrogens is 245 g/mol. The summed E-state index contributed by atoms with van der Waals surface area (Å²) in [7, 11) is 0. The summed E-state index contributed by atoms with van der Waals surface area (Å²) in [6.07, 6.45) is -4.57. The van der Waals surface area contributed by atoms with Crippen molar-refractivity contribution in [3.05, 3.63) is 35.4 Å². The molecule has 1 unspecified atom stereocenters. The third-order valence-corrected chi connectivity index (χ3v) is 2.28. The Bertz CT molecular complexity index is 390. The molecule has 0 radical (unpaired) electrons. The van der Waals surface area contributed by atoms with Crippen molar-refractivity contribution < 1.29 is 23.1 Å². The van der Waals surface area contributed by atoms with Crippen molar-refractivity contribution in [3.8, 4) is 0 Å². The van der Waals surface area contributed by atoms with Gasteiger partial charge in [0.25, 0.3) is 0 Å². The summed E-state index contributed by atoms with van der Waals surface area (Å²) in [4.78, 5) is 10.4. The Kier molecular flexibility index (Phi) is 3.80. The fraction of sp³-hybridized carbons (Fsp3) is 0.300. The van der Waals surface area contributed by atoms with Crippen molar-refractivity contribution >= 4 is 17.6 Å². The van der Waals surface area contributed by atoms with Crippen LogP contribution in [0.25, 0.3) is 0 Å². The third-order valence-electron chi connectivity index (χ3n) is 1.94. The van der Waals surface area contributed by atoms with E-state index in [4.69, 9.17) is 16.7 Å². The van der Waals surface area contributed by atoms with E-state index in [0.717, 1.165) is 12.1 Å². The molecule has 2 nitrogen and oxygen atoms in total. The predicted molar refractivity (Wildman–Crippen MR) is 52.4 cm³/mol. The fourth-order valence-electron chi connectivity index (χ4n) is 1.17. The minimum Gasteiger partial charge on any atom is -0.480 e. The summed E-state index contributed by atoms with van der Waals surface area (Å²) >= 11 is 5.44. The van der Waals surface area contributed by atoms with Crippen LogP contribution in [0.2, 0.25) is 0 Å². The monoisotopic (exact) mass is 252 g/mol. The van der Waals surface area contributed by atoms with Crippen molar-refractivity contribution in [3.63, 3.8) is 0 Å². The minimum atomic E-state index is -4.43. The van der Waals surface area contributed by atoms with Crippen molar-refractivity contribution in [2.75, 3.05) is 0 Å². The SMILES string of the molecule is O=C(O)C(Cl)Cc1cccc(C(F)(F)F)c1. The summed E-state index contributed by atoms with van der Waals surface area (Å²) in [6.45, 7) is 0. The molecule has 1 atom stereocenters. The second-order valence-corrected chi connectivity index (χ2v) is 3.73. The quantitative estimate of drug-likeness (QED) is 0.840. The summed E-state index contributed by atoms with van der Waals surface area (Å²) in [6, 6.07) is 4.46. The highest BCUT2D eigenvalue weighted by Gasteiger charge is 2.30. The molecule has 1 N–H and O–H groups in total. The Hall–Kier alpha value is -1.23. The molecule has 88 valence electrons. The van der Waals surface area contributed by atoms with Crippen LogP contribution < -0.4 is 0 Å². The van der Waals surface area contributed by atoms with Gasteiger partial charge in [0.15, 0.2) is 0 Å². The molecule has 1 aromatic rings. The number of carboxylic acids is 1. The highest BCUT2D eigenvalue weighted by atomic mass is 35.5. The number of rotatable bonds is 3. The van der Waals surface area contributed by atoms with Gasteiger partial charge in [-0.1, -0.05) is 18.2 Å². The Balaban J connectivity index is 2.87. The number of aliphatic carboxylic acids is 1. The highest BCUT2D eigenvalue weighted by Crippen LogP contribution is 2.29. The standard InChI is InChI=1S/C10H8ClF3O2/c11-8(9(15)16)5-6-2-1-3-7(4-6)10(12,13)14/h1-4,8H,5H2,(H,15,16). The number of carbonyl (C=O) groups is 1. The Morgan fingerprint density at radius 1 is 1.44 bits per heavy atom. The van der Waals surface area contributed by atoms with Gasteiger partial charge in [0, 0.05) is 0 Å². The van der Waals surface area contributed by atoms with Gasteiger partial charge in [0.05, 0.1) is 5.56 Å². The Morgan fingerprint density at radius 2 is 2.06 bits per heavy atom. The first-order chi connectivity index (χ1) is 7.30. The maximum Gasteiger partial charge on any atom is 0.416 e. The lowest BCUT2D eigenvalue weighted by atomic mass is 10.1. The van der Waals surface area contributed by atoms with E-state index in [2.05, 4.69) is 0 Å². The highest BCUT2D eigenvalue weighted by molar-refractivity contribution is 6.29. The zero-order chi connectivity index (χ0) is 12.3. The van der Waals surface area contributed by atoms with E-state index in [1.807, 2.05) is 0 Å². The largest absolute Gasteiger partial charge is 0.480 e. The van der Waals surface area contributed by atoms with Gasteiger partial charge in [-0.25, -0.2) is 0 Å². The van der Waals surface area contributed by atoms with Gasteiger partial charge in [-0.3, -0.25) is 4.79 Å². The van der Waals surface area contributed by atoms with E-state index in [1.54, 1.807) is 0 Å². The lowest BCUT2D eigenvalue weighted by Gasteiger charge is -2.09. The number of hydrogen-bond acceptors (Lipinski definition) is 1. The zero-order valence-corrected chi connectivity index (χ0v) is 8.72. The summed E-state index contributed by atoms with van der Waals surface area (Å²) in [5, 5.41) is 7.30.